The Morgan fingerprint density at radius 2 is 2.19 bits per heavy atom. The van der Waals surface area contributed by atoms with Gasteiger partial charge in [-0.25, -0.2) is 9.97 Å². The van der Waals surface area contributed by atoms with Crippen LogP contribution in [0.15, 0.2) is 12.4 Å². The summed E-state index contributed by atoms with van der Waals surface area (Å²) >= 11 is 0. The highest BCUT2D eigenvalue weighted by atomic mass is 16.5. The topological polar surface area (TPSA) is 59.1 Å². The van der Waals surface area contributed by atoms with Gasteiger partial charge in [-0.3, -0.25) is 0 Å². The molecule has 0 aliphatic carbocycles. The second-order valence-electron chi connectivity index (χ2n) is 3.99. The lowest BCUT2D eigenvalue weighted by molar-refractivity contribution is 0.411. The Balaban J connectivity index is 1.91. The normalized spacial score (nSPS) is 21.2. The Morgan fingerprint density at radius 1 is 1.38 bits per heavy atom. The highest BCUT2D eigenvalue weighted by Crippen LogP contribution is 2.11. The van der Waals surface area contributed by atoms with Crippen molar-refractivity contribution in [3.8, 4) is 5.75 Å². The maximum Gasteiger partial charge on any atom is 0.223 e. The smallest absolute Gasteiger partial charge is 0.223 e. The molecular weight excluding hydrogens is 204 g/mol. The van der Waals surface area contributed by atoms with Crippen LogP contribution in [0.5, 0.6) is 5.75 Å². The quantitative estimate of drug-likeness (QED) is 0.800. The van der Waals surface area contributed by atoms with Crippen molar-refractivity contribution in [2.24, 2.45) is 0 Å². The first-order valence-electron chi connectivity index (χ1n) is 5.72. The van der Waals surface area contributed by atoms with Crippen LogP contribution in [0.25, 0.3) is 0 Å². The van der Waals surface area contributed by atoms with E-state index < -0.39 is 0 Å². The fourth-order valence-electron chi connectivity index (χ4n) is 1.82. The minimum absolute atomic E-state index is 0.427. The molecule has 5 nitrogen and oxygen atoms in total. The average Bonchev–Trinajstić information content (AvgIpc) is 2.59. The summed E-state index contributed by atoms with van der Waals surface area (Å²) in [6, 6.07) is 0.427. The number of hydrogen-bond donors (Lipinski definition) is 2. The molecule has 1 aliphatic rings. The molecule has 0 spiro atoms. The zero-order valence-electron chi connectivity index (χ0n) is 9.57. The van der Waals surface area contributed by atoms with Crippen LogP contribution in [0.2, 0.25) is 0 Å². The van der Waals surface area contributed by atoms with Crippen molar-refractivity contribution < 1.29 is 4.74 Å². The maximum absolute atomic E-state index is 5.01. The molecule has 16 heavy (non-hydrogen) atoms. The second kappa shape index (κ2) is 5.65. The van der Waals surface area contributed by atoms with Crippen molar-refractivity contribution in [2.45, 2.75) is 25.3 Å². The van der Waals surface area contributed by atoms with Gasteiger partial charge in [-0.1, -0.05) is 6.42 Å². The zero-order valence-corrected chi connectivity index (χ0v) is 9.57. The molecule has 1 aliphatic heterocycles. The molecule has 1 fully saturated rings. The van der Waals surface area contributed by atoms with Crippen LogP contribution in [-0.4, -0.2) is 36.2 Å². The number of hydrogen-bond acceptors (Lipinski definition) is 5. The third-order valence-corrected chi connectivity index (χ3v) is 2.74. The molecule has 1 aromatic heterocycles. The van der Waals surface area contributed by atoms with Gasteiger partial charge in [-0.2, -0.15) is 0 Å². The summed E-state index contributed by atoms with van der Waals surface area (Å²) in [5, 5.41) is 6.73. The Hall–Kier alpha value is -1.36. The number of methoxy groups -OCH3 is 1. The first-order chi connectivity index (χ1) is 7.88. The molecule has 0 bridgehead atoms. The fraction of sp³-hybridized carbons (Fsp3) is 0.636. The molecular formula is C11H18N4O. The second-order valence-corrected chi connectivity index (χ2v) is 3.99. The Bertz CT molecular complexity index is 306. The Labute approximate surface area is 95.6 Å². The molecule has 2 N–H and O–H groups in total. The number of nitrogens with one attached hydrogen (secondary N) is 2. The van der Waals surface area contributed by atoms with Gasteiger partial charge in [0.25, 0.3) is 0 Å². The summed E-state index contributed by atoms with van der Waals surface area (Å²) in [6.45, 7) is 2.09. The number of rotatable bonds is 3. The van der Waals surface area contributed by atoms with Crippen molar-refractivity contribution in [1.29, 1.82) is 0 Å². The molecule has 1 unspecified atom stereocenters. The summed E-state index contributed by atoms with van der Waals surface area (Å²) in [5.74, 6) is 1.36. The minimum atomic E-state index is 0.427. The molecule has 0 radical (unpaired) electrons. The molecule has 0 saturated carbocycles. The molecule has 0 amide bonds. The van der Waals surface area contributed by atoms with E-state index in [1.807, 2.05) is 0 Å². The van der Waals surface area contributed by atoms with Crippen LogP contribution >= 0.6 is 0 Å². The third kappa shape index (κ3) is 3.06. The van der Waals surface area contributed by atoms with E-state index in [-0.39, 0.29) is 0 Å². The van der Waals surface area contributed by atoms with Crippen molar-refractivity contribution in [2.75, 3.05) is 25.5 Å². The van der Waals surface area contributed by atoms with Gasteiger partial charge in [0.05, 0.1) is 19.5 Å². The van der Waals surface area contributed by atoms with Gasteiger partial charge in [-0.15, -0.1) is 0 Å². The lowest BCUT2D eigenvalue weighted by Gasteiger charge is -2.15. The number of ether oxygens (including phenoxy) is 1. The van der Waals surface area contributed by atoms with Crippen LogP contribution in [0.1, 0.15) is 19.3 Å². The first kappa shape index (κ1) is 11.1. The van der Waals surface area contributed by atoms with E-state index in [0.29, 0.717) is 17.7 Å². The van der Waals surface area contributed by atoms with Gasteiger partial charge in [0.15, 0.2) is 5.75 Å². The third-order valence-electron chi connectivity index (χ3n) is 2.74. The van der Waals surface area contributed by atoms with Crippen LogP contribution < -0.4 is 15.4 Å². The van der Waals surface area contributed by atoms with Crippen LogP contribution in [0.4, 0.5) is 5.95 Å². The molecule has 88 valence electrons. The van der Waals surface area contributed by atoms with Gasteiger partial charge >= 0.3 is 0 Å². The van der Waals surface area contributed by atoms with Gasteiger partial charge in [0.1, 0.15) is 0 Å². The standard InChI is InChI=1S/C11H18N4O/c1-16-10-7-13-11(14-8-10)15-9-4-2-3-5-12-6-9/h7-9,12H,2-6H2,1H3,(H,13,14,15). The fourth-order valence-corrected chi connectivity index (χ4v) is 1.82. The van der Waals surface area contributed by atoms with E-state index in [1.54, 1.807) is 19.5 Å². The SMILES string of the molecule is COc1cnc(NC2CCCCNC2)nc1. The van der Waals surface area contributed by atoms with Crippen LogP contribution in [-0.2, 0) is 0 Å². The van der Waals surface area contributed by atoms with Gasteiger partial charge in [0.2, 0.25) is 5.95 Å². The first-order valence-corrected chi connectivity index (χ1v) is 5.72. The summed E-state index contributed by atoms with van der Waals surface area (Å²) in [6.07, 6.45) is 7.03. The van der Waals surface area contributed by atoms with Crippen molar-refractivity contribution in [1.82, 2.24) is 15.3 Å². The molecule has 2 heterocycles. The number of nitrogens with zero attached hydrogens (tertiary/aromatic N) is 2. The highest BCUT2D eigenvalue weighted by Gasteiger charge is 2.12. The Morgan fingerprint density at radius 3 is 2.94 bits per heavy atom. The number of anilines is 1. The lowest BCUT2D eigenvalue weighted by Crippen LogP contribution is -2.31. The molecule has 1 aromatic rings. The number of aromatic nitrogens is 2. The summed E-state index contributed by atoms with van der Waals surface area (Å²) in [7, 11) is 1.61. The van der Waals surface area contributed by atoms with Crippen LogP contribution in [0, 0.1) is 0 Å². The van der Waals surface area contributed by atoms with Gasteiger partial charge < -0.3 is 15.4 Å². The van der Waals surface area contributed by atoms with Crippen molar-refractivity contribution in [3.05, 3.63) is 12.4 Å². The summed E-state index contributed by atoms with van der Waals surface area (Å²) in [4.78, 5) is 8.40. The zero-order chi connectivity index (χ0) is 11.2. The predicted molar refractivity (Wildman–Crippen MR) is 62.7 cm³/mol. The van der Waals surface area contributed by atoms with E-state index in [9.17, 15) is 0 Å². The van der Waals surface area contributed by atoms with Gasteiger partial charge in [-0.05, 0) is 19.4 Å². The van der Waals surface area contributed by atoms with Crippen molar-refractivity contribution in [3.63, 3.8) is 0 Å². The summed E-state index contributed by atoms with van der Waals surface area (Å²) < 4.78 is 5.01. The molecule has 0 aromatic carbocycles. The maximum atomic E-state index is 5.01. The predicted octanol–water partition coefficient (Wildman–Crippen LogP) is 1.04. The summed E-state index contributed by atoms with van der Waals surface area (Å²) in [5.41, 5.74) is 0. The lowest BCUT2D eigenvalue weighted by atomic mass is 10.1. The molecule has 1 atom stereocenters. The van der Waals surface area contributed by atoms with Crippen LogP contribution in [0.3, 0.4) is 0 Å². The van der Waals surface area contributed by atoms with E-state index >= 15 is 0 Å². The Kier molecular flexibility index (Phi) is 3.93. The monoisotopic (exact) mass is 222 g/mol. The average molecular weight is 222 g/mol. The van der Waals surface area contributed by atoms with Crippen molar-refractivity contribution >= 4 is 5.95 Å². The van der Waals surface area contributed by atoms with E-state index in [2.05, 4.69) is 20.6 Å². The van der Waals surface area contributed by atoms with E-state index in [1.165, 1.54) is 19.3 Å². The highest BCUT2D eigenvalue weighted by molar-refractivity contribution is 5.28. The largest absolute Gasteiger partial charge is 0.494 e. The van der Waals surface area contributed by atoms with Gasteiger partial charge in [0, 0.05) is 12.6 Å². The molecule has 5 heteroatoms. The van der Waals surface area contributed by atoms with E-state index in [4.69, 9.17) is 4.74 Å². The molecule has 2 rings (SSSR count). The molecule has 1 saturated heterocycles. The minimum Gasteiger partial charge on any atom is -0.494 e. The van der Waals surface area contributed by atoms with E-state index in [0.717, 1.165) is 13.1 Å².